The lowest BCUT2D eigenvalue weighted by Crippen LogP contribution is -2.75. The van der Waals surface area contributed by atoms with Crippen LogP contribution in [0.5, 0.6) is 0 Å². The van der Waals surface area contributed by atoms with E-state index in [1.807, 2.05) is 17.5 Å². The summed E-state index contributed by atoms with van der Waals surface area (Å²) in [5.41, 5.74) is -2.02. The van der Waals surface area contributed by atoms with Crippen molar-refractivity contribution in [3.8, 4) is 0 Å². The summed E-state index contributed by atoms with van der Waals surface area (Å²) in [6.45, 7) is -0.386. The summed E-state index contributed by atoms with van der Waals surface area (Å²) >= 11 is 2.51. The number of aliphatic carboxylic acids is 1. The lowest BCUT2D eigenvalue weighted by Gasteiger charge is -2.53. The fraction of sp³-hybridized carbons (Fsp3) is 0.500. The van der Waals surface area contributed by atoms with Crippen molar-refractivity contribution < 1.29 is 32.1 Å². The van der Waals surface area contributed by atoms with Crippen LogP contribution in [0.1, 0.15) is 4.88 Å². The number of hydrogen-bond acceptors (Lipinski definition) is 8. The molecule has 0 saturated carbocycles. The molecular formula is C14H16N2O7S3. The van der Waals surface area contributed by atoms with Crippen molar-refractivity contribution >= 4 is 51.0 Å². The molecule has 0 aromatic carbocycles. The van der Waals surface area contributed by atoms with Crippen LogP contribution in [0.2, 0.25) is 0 Å². The van der Waals surface area contributed by atoms with Gasteiger partial charge in [0.25, 0.3) is 10.1 Å². The largest absolute Gasteiger partial charge is 0.479 e. The summed E-state index contributed by atoms with van der Waals surface area (Å²) in [7, 11) is -4.02. The summed E-state index contributed by atoms with van der Waals surface area (Å²) < 4.78 is 27.6. The normalized spacial score (nSPS) is 28.2. The van der Waals surface area contributed by atoms with Gasteiger partial charge >= 0.3 is 5.97 Å². The first-order valence-electron chi connectivity index (χ1n) is 7.49. The number of carbonyl (C=O) groups excluding carboxylic acids is 2. The Labute approximate surface area is 157 Å². The molecule has 2 unspecified atom stereocenters. The Hall–Kier alpha value is -1.63. The predicted molar refractivity (Wildman–Crippen MR) is 94.2 cm³/mol. The molecule has 3 atom stereocenters. The number of thioether (sulfide) groups is 1. The van der Waals surface area contributed by atoms with E-state index in [1.165, 1.54) is 16.2 Å². The number of β-lactam (4-membered cyclic amide) rings is 1. The summed E-state index contributed by atoms with van der Waals surface area (Å²) in [4.78, 5) is 38.0. The second-order valence-corrected chi connectivity index (χ2v) is 9.77. The summed E-state index contributed by atoms with van der Waals surface area (Å²) in [6.07, 6.45) is 0.926. The Kier molecular flexibility index (Phi) is 5.03. The monoisotopic (exact) mass is 420 g/mol. The van der Waals surface area contributed by atoms with Gasteiger partial charge in [0.05, 0.1) is 19.2 Å². The Morgan fingerprint density at radius 2 is 2.23 bits per heavy atom. The summed E-state index contributed by atoms with van der Waals surface area (Å²) in [5.74, 6) is -2.36. The molecule has 2 aliphatic heterocycles. The molecule has 2 amide bonds. The Bertz CT molecular complexity index is 839. The fourth-order valence-corrected chi connectivity index (χ4v) is 5.84. The lowest BCUT2D eigenvalue weighted by molar-refractivity contribution is -0.164. The van der Waals surface area contributed by atoms with Crippen molar-refractivity contribution in [2.45, 2.75) is 23.4 Å². The minimum Gasteiger partial charge on any atom is -0.479 e. The molecule has 0 radical (unpaired) electrons. The fourth-order valence-electron chi connectivity index (χ4n) is 2.85. The van der Waals surface area contributed by atoms with Crippen LogP contribution >= 0.6 is 23.1 Å². The van der Waals surface area contributed by atoms with Gasteiger partial charge in [0.15, 0.2) is 0 Å². The van der Waals surface area contributed by atoms with Gasteiger partial charge in [-0.15, -0.1) is 23.1 Å². The highest BCUT2D eigenvalue weighted by Crippen LogP contribution is 2.40. The van der Waals surface area contributed by atoms with Gasteiger partial charge in [0.1, 0.15) is 11.4 Å². The van der Waals surface area contributed by atoms with Crippen LogP contribution in [0, 0.1) is 0 Å². The molecule has 26 heavy (non-hydrogen) atoms. The maximum Gasteiger partial charge on any atom is 0.340 e. The average molecular weight is 420 g/mol. The third-order valence-corrected chi connectivity index (χ3v) is 6.99. The highest BCUT2D eigenvalue weighted by atomic mass is 32.2. The third-order valence-electron chi connectivity index (χ3n) is 3.99. The number of carboxylic acids is 1. The molecule has 2 N–H and O–H groups in total. The highest BCUT2D eigenvalue weighted by molar-refractivity contribution is 8.00. The van der Waals surface area contributed by atoms with Crippen molar-refractivity contribution in [1.29, 1.82) is 0 Å². The van der Waals surface area contributed by atoms with Crippen molar-refractivity contribution in [2.24, 2.45) is 0 Å². The van der Waals surface area contributed by atoms with E-state index in [0.717, 1.165) is 22.9 Å². The zero-order chi connectivity index (χ0) is 19.1. The first-order chi connectivity index (χ1) is 12.1. The van der Waals surface area contributed by atoms with Crippen LogP contribution in [-0.4, -0.2) is 71.8 Å². The van der Waals surface area contributed by atoms with Gasteiger partial charge in [-0.05, 0) is 11.4 Å². The van der Waals surface area contributed by atoms with Crippen LogP contribution in [0.15, 0.2) is 17.5 Å². The van der Waals surface area contributed by atoms with Crippen LogP contribution in [-0.2, 0) is 35.1 Å². The number of rotatable bonds is 6. The first-order valence-corrected chi connectivity index (χ1v) is 11.2. The third kappa shape index (κ3) is 3.72. The van der Waals surface area contributed by atoms with E-state index in [2.05, 4.69) is 5.32 Å². The average Bonchev–Trinajstić information content (AvgIpc) is 3.03. The molecule has 1 aromatic heterocycles. The number of nitrogens with one attached hydrogen (secondary N) is 1. The minimum atomic E-state index is -4.02. The van der Waals surface area contributed by atoms with Crippen molar-refractivity contribution in [2.75, 3.05) is 18.6 Å². The smallest absolute Gasteiger partial charge is 0.340 e. The van der Waals surface area contributed by atoms with Crippen LogP contribution in [0.3, 0.4) is 0 Å². The van der Waals surface area contributed by atoms with E-state index in [9.17, 15) is 27.9 Å². The molecular weight excluding hydrogens is 404 g/mol. The molecule has 3 rings (SSSR count). The lowest BCUT2D eigenvalue weighted by atomic mass is 9.99. The molecule has 3 heterocycles. The number of thiophene rings is 1. The van der Waals surface area contributed by atoms with Crippen molar-refractivity contribution in [3.63, 3.8) is 0 Å². The van der Waals surface area contributed by atoms with Gasteiger partial charge in [-0.3, -0.25) is 9.59 Å². The zero-order valence-corrected chi connectivity index (χ0v) is 16.0. The van der Waals surface area contributed by atoms with E-state index in [0.29, 0.717) is 0 Å². The van der Waals surface area contributed by atoms with Gasteiger partial charge in [-0.1, -0.05) is 6.07 Å². The number of carboxylic acid groups (broad SMARTS) is 1. The number of fused-ring (bicyclic) bond motifs is 1. The highest BCUT2D eigenvalue weighted by Gasteiger charge is 2.59. The Morgan fingerprint density at radius 1 is 1.50 bits per heavy atom. The van der Waals surface area contributed by atoms with Crippen LogP contribution in [0.4, 0.5) is 0 Å². The van der Waals surface area contributed by atoms with Crippen LogP contribution < -0.4 is 5.32 Å². The molecule has 9 nitrogen and oxygen atoms in total. The maximum absolute atomic E-state index is 12.3. The molecule has 1 aromatic rings. The van der Waals surface area contributed by atoms with Crippen LogP contribution in [0.25, 0.3) is 0 Å². The molecule has 2 aliphatic rings. The molecule has 142 valence electrons. The van der Waals surface area contributed by atoms with Gasteiger partial charge < -0.3 is 15.3 Å². The topological polar surface area (TPSA) is 130 Å². The number of amides is 2. The van der Waals surface area contributed by atoms with E-state index in [4.69, 9.17) is 4.18 Å². The zero-order valence-electron chi connectivity index (χ0n) is 13.6. The number of hydrogen-bond donors (Lipinski definition) is 2. The SMILES string of the molecule is CS(=O)(=O)OC1(C(=O)O)CS[C@@H]2C(NC(=O)Cc3cccs3)C(=O)N2C1. The summed E-state index contributed by atoms with van der Waals surface area (Å²) in [6, 6.07) is 2.89. The van der Waals surface area contributed by atoms with E-state index < -0.39 is 39.0 Å². The molecule has 2 fully saturated rings. The molecule has 2 saturated heterocycles. The number of nitrogens with zero attached hydrogens (tertiary/aromatic N) is 1. The molecule has 12 heteroatoms. The second kappa shape index (κ2) is 6.83. The quantitative estimate of drug-likeness (QED) is 0.465. The number of carbonyl (C=O) groups is 3. The second-order valence-electron chi connectivity index (χ2n) is 6.06. The molecule has 0 aliphatic carbocycles. The standard InChI is InChI=1S/C14H16N2O7S3/c1-26(21,22)23-14(13(19)20)6-16-11(18)10(12(16)25-7-14)15-9(17)5-8-3-2-4-24-8/h2-4,10,12H,5-7H2,1H3,(H,15,17)(H,19,20)/t10?,12-,14?/m1/s1. The van der Waals surface area contributed by atoms with Gasteiger partial charge in [0, 0.05) is 10.6 Å². The maximum atomic E-state index is 12.3. The Balaban J connectivity index is 1.65. The van der Waals surface area contributed by atoms with Gasteiger partial charge in [-0.25, -0.2) is 8.98 Å². The van der Waals surface area contributed by atoms with Gasteiger partial charge in [-0.2, -0.15) is 8.42 Å². The van der Waals surface area contributed by atoms with Crippen molar-refractivity contribution in [1.82, 2.24) is 10.2 Å². The first kappa shape index (κ1) is 19.1. The molecule has 0 spiro atoms. The van der Waals surface area contributed by atoms with Gasteiger partial charge in [0.2, 0.25) is 17.4 Å². The summed E-state index contributed by atoms with van der Waals surface area (Å²) in [5, 5.41) is 13.5. The van der Waals surface area contributed by atoms with Crippen molar-refractivity contribution in [3.05, 3.63) is 22.4 Å². The van der Waals surface area contributed by atoms with E-state index in [-0.39, 0.29) is 24.6 Å². The predicted octanol–water partition coefficient (Wildman–Crippen LogP) is -0.510. The Morgan fingerprint density at radius 3 is 2.81 bits per heavy atom. The minimum absolute atomic E-state index is 0.152. The molecule has 0 bridgehead atoms. The van der Waals surface area contributed by atoms with E-state index >= 15 is 0 Å². The van der Waals surface area contributed by atoms with E-state index in [1.54, 1.807) is 0 Å².